The number of nitrogens with zero attached hydrogens (tertiary/aromatic N) is 1. The molecule has 94 valence electrons. The van der Waals surface area contributed by atoms with E-state index in [4.69, 9.17) is 5.73 Å². The quantitative estimate of drug-likeness (QED) is 0.662. The van der Waals surface area contributed by atoms with Gasteiger partial charge in [0.1, 0.15) is 6.07 Å². The Kier molecular flexibility index (Phi) is 3.58. The van der Waals surface area contributed by atoms with E-state index in [9.17, 15) is 14.0 Å². The van der Waals surface area contributed by atoms with Crippen LogP contribution in [0.5, 0.6) is 0 Å². The van der Waals surface area contributed by atoms with Crippen LogP contribution in [0.15, 0.2) is 48.5 Å². The smallest absolute Gasteiger partial charge is 0.159 e. The molecular weight excluding hydrogens is 246 g/mol. The number of hydrogen-bond donors (Lipinski definition) is 1. The summed E-state index contributed by atoms with van der Waals surface area (Å²) in [5, 5.41) is 9.18. The van der Waals surface area contributed by atoms with Crippen molar-refractivity contribution in [3.63, 3.8) is 0 Å². The largest absolute Gasteiger partial charge is 0.397 e. The van der Waals surface area contributed by atoms with E-state index >= 15 is 0 Å². The molecule has 2 N–H and O–H groups in total. The van der Waals surface area contributed by atoms with E-state index in [1.807, 2.05) is 12.1 Å². The Hall–Kier alpha value is -2.67. The van der Waals surface area contributed by atoms with E-state index in [0.717, 1.165) is 12.1 Å². The van der Waals surface area contributed by atoms with Gasteiger partial charge in [0.05, 0.1) is 11.3 Å². The second-order valence-electron chi connectivity index (χ2n) is 3.90. The van der Waals surface area contributed by atoms with Crippen molar-refractivity contribution in [2.75, 3.05) is 0 Å². The minimum atomic E-state index is -0.995. The molecule has 0 saturated heterocycles. The van der Waals surface area contributed by atoms with Crippen molar-refractivity contribution in [1.29, 1.82) is 5.26 Å². The summed E-state index contributed by atoms with van der Waals surface area (Å²) in [6.45, 7) is 0. The topological polar surface area (TPSA) is 49.8 Å². The lowest BCUT2D eigenvalue weighted by Gasteiger charge is -2.06. The molecule has 0 aromatic heterocycles. The summed E-state index contributed by atoms with van der Waals surface area (Å²) >= 11 is 0. The van der Waals surface area contributed by atoms with Crippen molar-refractivity contribution in [2.24, 2.45) is 5.73 Å². The molecule has 2 nitrogen and oxygen atoms in total. The van der Waals surface area contributed by atoms with Crippen molar-refractivity contribution in [3.05, 3.63) is 71.3 Å². The number of nitriles is 1. The Morgan fingerprint density at radius 3 is 2.21 bits per heavy atom. The van der Waals surface area contributed by atoms with Crippen LogP contribution in [0.1, 0.15) is 11.1 Å². The van der Waals surface area contributed by atoms with Gasteiger partial charge >= 0.3 is 0 Å². The van der Waals surface area contributed by atoms with Crippen LogP contribution in [0.3, 0.4) is 0 Å². The van der Waals surface area contributed by atoms with Gasteiger partial charge in [-0.3, -0.25) is 0 Å². The predicted octanol–water partition coefficient (Wildman–Crippen LogP) is 3.32. The van der Waals surface area contributed by atoms with Gasteiger partial charge in [-0.05, 0) is 23.8 Å². The molecule has 0 atom stereocenters. The maximum atomic E-state index is 13.2. The fraction of sp³-hybridized carbons (Fsp3) is 0. The number of allylic oxidation sites excluding steroid dienone is 1. The highest BCUT2D eigenvalue weighted by molar-refractivity contribution is 5.95. The first-order valence-electron chi connectivity index (χ1n) is 5.54. The highest BCUT2D eigenvalue weighted by Gasteiger charge is 2.10. The predicted molar refractivity (Wildman–Crippen MR) is 69.4 cm³/mol. The molecule has 0 aliphatic carbocycles. The summed E-state index contributed by atoms with van der Waals surface area (Å²) in [5.74, 6) is -1.94. The maximum absolute atomic E-state index is 13.2. The zero-order valence-corrected chi connectivity index (χ0v) is 9.90. The first-order valence-corrected chi connectivity index (χ1v) is 5.54. The van der Waals surface area contributed by atoms with Crippen LogP contribution >= 0.6 is 0 Å². The fourth-order valence-corrected chi connectivity index (χ4v) is 1.69. The monoisotopic (exact) mass is 256 g/mol. The summed E-state index contributed by atoms with van der Waals surface area (Å²) in [7, 11) is 0. The van der Waals surface area contributed by atoms with Crippen molar-refractivity contribution < 1.29 is 8.78 Å². The average molecular weight is 256 g/mol. The summed E-state index contributed by atoms with van der Waals surface area (Å²) in [4.78, 5) is 0. The fourth-order valence-electron chi connectivity index (χ4n) is 1.69. The van der Waals surface area contributed by atoms with Gasteiger partial charge in [-0.1, -0.05) is 30.3 Å². The zero-order valence-electron chi connectivity index (χ0n) is 9.90. The second-order valence-corrected chi connectivity index (χ2v) is 3.90. The molecular formula is C15H10F2N2. The van der Waals surface area contributed by atoms with E-state index in [-0.39, 0.29) is 16.8 Å². The van der Waals surface area contributed by atoms with Crippen LogP contribution in [0.2, 0.25) is 0 Å². The lowest BCUT2D eigenvalue weighted by Crippen LogP contribution is -2.01. The summed E-state index contributed by atoms with van der Waals surface area (Å²) in [5.41, 5.74) is 7.12. The third-order valence-corrected chi connectivity index (χ3v) is 2.67. The normalized spacial score (nSPS) is 11.6. The molecule has 0 unspecified atom stereocenters. The van der Waals surface area contributed by atoms with Crippen LogP contribution < -0.4 is 5.73 Å². The van der Waals surface area contributed by atoms with Crippen molar-refractivity contribution in [1.82, 2.24) is 0 Å². The van der Waals surface area contributed by atoms with Gasteiger partial charge in [-0.25, -0.2) is 8.78 Å². The number of rotatable bonds is 2. The minimum absolute atomic E-state index is 0.118. The zero-order chi connectivity index (χ0) is 13.8. The Labute approximate surface area is 109 Å². The molecule has 19 heavy (non-hydrogen) atoms. The lowest BCUT2D eigenvalue weighted by molar-refractivity contribution is 0.508. The molecule has 2 aromatic rings. The molecule has 0 saturated carbocycles. The van der Waals surface area contributed by atoms with Crippen LogP contribution in [-0.2, 0) is 0 Å². The molecule has 0 spiro atoms. The Morgan fingerprint density at radius 1 is 0.947 bits per heavy atom. The van der Waals surface area contributed by atoms with E-state index in [1.54, 1.807) is 24.3 Å². The summed E-state index contributed by atoms with van der Waals surface area (Å²) < 4.78 is 26.0. The molecule has 0 radical (unpaired) electrons. The van der Waals surface area contributed by atoms with Crippen LogP contribution in [0.25, 0.3) is 11.3 Å². The van der Waals surface area contributed by atoms with Gasteiger partial charge in [0, 0.05) is 5.56 Å². The van der Waals surface area contributed by atoms with E-state index < -0.39 is 11.6 Å². The number of benzene rings is 2. The van der Waals surface area contributed by atoms with Gasteiger partial charge in [0.25, 0.3) is 0 Å². The van der Waals surface area contributed by atoms with Crippen molar-refractivity contribution in [2.45, 2.75) is 0 Å². The standard InChI is InChI=1S/C15H10F2N2/c16-13-7-6-11(8-14(13)17)15(19)12(9-18)10-4-2-1-3-5-10/h1-8H,19H2/b15-12-. The first-order chi connectivity index (χ1) is 9.13. The van der Waals surface area contributed by atoms with Crippen molar-refractivity contribution >= 4 is 11.3 Å². The van der Waals surface area contributed by atoms with Gasteiger partial charge < -0.3 is 5.73 Å². The summed E-state index contributed by atoms with van der Waals surface area (Å²) in [6.07, 6.45) is 0. The molecule has 0 bridgehead atoms. The van der Waals surface area contributed by atoms with Crippen LogP contribution in [-0.4, -0.2) is 0 Å². The third kappa shape index (κ3) is 2.61. The van der Waals surface area contributed by atoms with Crippen molar-refractivity contribution in [3.8, 4) is 6.07 Å². The van der Waals surface area contributed by atoms with Gasteiger partial charge in [-0.15, -0.1) is 0 Å². The third-order valence-electron chi connectivity index (χ3n) is 2.67. The molecule has 4 heteroatoms. The molecule has 0 aliphatic rings. The lowest BCUT2D eigenvalue weighted by atomic mass is 10.0. The van der Waals surface area contributed by atoms with Crippen LogP contribution in [0.4, 0.5) is 8.78 Å². The molecule has 0 heterocycles. The SMILES string of the molecule is N#C/C(=C(/N)c1ccc(F)c(F)c1)c1ccccc1. The van der Waals surface area contributed by atoms with Crippen LogP contribution in [0, 0.1) is 23.0 Å². The Bertz CT molecular complexity index is 670. The summed E-state index contributed by atoms with van der Waals surface area (Å²) in [6, 6.07) is 14.1. The van der Waals surface area contributed by atoms with E-state index in [1.165, 1.54) is 6.07 Å². The molecule has 0 aliphatic heterocycles. The van der Waals surface area contributed by atoms with E-state index in [0.29, 0.717) is 5.56 Å². The number of nitrogens with two attached hydrogens (primary N) is 1. The van der Waals surface area contributed by atoms with E-state index in [2.05, 4.69) is 0 Å². The van der Waals surface area contributed by atoms with Gasteiger partial charge in [0.15, 0.2) is 11.6 Å². The highest BCUT2D eigenvalue weighted by atomic mass is 19.2. The number of hydrogen-bond acceptors (Lipinski definition) is 2. The van der Waals surface area contributed by atoms with Gasteiger partial charge in [0.2, 0.25) is 0 Å². The number of halogens is 2. The Balaban J connectivity index is 2.56. The van der Waals surface area contributed by atoms with Gasteiger partial charge in [-0.2, -0.15) is 5.26 Å². The molecule has 2 aromatic carbocycles. The molecule has 0 amide bonds. The second kappa shape index (κ2) is 5.32. The average Bonchev–Trinajstić information content (AvgIpc) is 2.44. The highest BCUT2D eigenvalue weighted by Crippen LogP contribution is 2.23. The molecule has 2 rings (SSSR count). The minimum Gasteiger partial charge on any atom is -0.397 e. The maximum Gasteiger partial charge on any atom is 0.159 e. The molecule has 0 fully saturated rings. The Morgan fingerprint density at radius 2 is 1.63 bits per heavy atom. The first kappa shape index (κ1) is 12.8.